The molecule has 6 heteroatoms. The second-order valence-corrected chi connectivity index (χ2v) is 13.8. The lowest BCUT2D eigenvalue weighted by Crippen LogP contribution is -2.30. The molecule has 0 saturated carbocycles. The third-order valence-corrected chi connectivity index (χ3v) is 9.15. The van der Waals surface area contributed by atoms with Crippen molar-refractivity contribution in [3.8, 4) is 0 Å². The molecule has 0 aliphatic carbocycles. The maximum absolute atomic E-state index is 12.6. The quantitative estimate of drug-likeness (QED) is 0.0385. The smallest absolute Gasteiger partial charge is 0.306 e. The van der Waals surface area contributed by atoms with Crippen molar-refractivity contribution < 1.29 is 28.6 Å². The van der Waals surface area contributed by atoms with Gasteiger partial charge in [0.25, 0.3) is 0 Å². The van der Waals surface area contributed by atoms with Crippen LogP contribution >= 0.6 is 0 Å². The molecule has 0 aromatic rings. The molecule has 1 unspecified atom stereocenters. The summed E-state index contributed by atoms with van der Waals surface area (Å²) < 4.78 is 16.6. The van der Waals surface area contributed by atoms with Crippen LogP contribution in [0.25, 0.3) is 0 Å². The topological polar surface area (TPSA) is 78.9 Å². The third kappa shape index (κ3) is 32.4. The van der Waals surface area contributed by atoms with Crippen molar-refractivity contribution in [3.63, 3.8) is 0 Å². The maximum Gasteiger partial charge on any atom is 0.306 e. The van der Waals surface area contributed by atoms with Crippen LogP contribution in [0.4, 0.5) is 0 Å². The minimum atomic E-state index is -0.756. The first-order valence-electron chi connectivity index (χ1n) is 19.9. The van der Waals surface area contributed by atoms with Gasteiger partial charge in [0.1, 0.15) is 13.2 Å². The number of carbonyl (C=O) groups excluding carboxylic acids is 3. The second kappa shape index (κ2) is 34.7. The van der Waals surface area contributed by atoms with Crippen molar-refractivity contribution in [1.82, 2.24) is 0 Å². The Bertz CT molecular complexity index is 693. The summed E-state index contributed by atoms with van der Waals surface area (Å²) in [5.41, 5.74) is 0. The van der Waals surface area contributed by atoms with Crippen LogP contribution in [0, 0.1) is 5.92 Å². The van der Waals surface area contributed by atoms with E-state index in [1.54, 1.807) is 0 Å². The van der Waals surface area contributed by atoms with Crippen molar-refractivity contribution in [2.24, 2.45) is 5.92 Å². The molecule has 0 aromatic heterocycles. The Hall–Kier alpha value is -1.59. The molecule has 0 aliphatic rings. The van der Waals surface area contributed by atoms with E-state index in [1.807, 2.05) is 0 Å². The van der Waals surface area contributed by atoms with E-state index in [4.69, 9.17) is 14.2 Å². The van der Waals surface area contributed by atoms with E-state index >= 15 is 0 Å². The molecule has 272 valence electrons. The Kier molecular flexibility index (Phi) is 33.5. The van der Waals surface area contributed by atoms with Gasteiger partial charge < -0.3 is 14.2 Å². The lowest BCUT2D eigenvalue weighted by atomic mass is 9.99. The van der Waals surface area contributed by atoms with Crippen LogP contribution in [0.1, 0.15) is 214 Å². The molecule has 0 saturated heterocycles. The van der Waals surface area contributed by atoms with E-state index in [2.05, 4.69) is 27.7 Å². The first-order valence-corrected chi connectivity index (χ1v) is 19.9. The highest BCUT2D eigenvalue weighted by molar-refractivity contribution is 5.71. The summed E-state index contributed by atoms with van der Waals surface area (Å²) in [6.45, 7) is 8.91. The molecule has 46 heavy (non-hydrogen) atoms. The van der Waals surface area contributed by atoms with Gasteiger partial charge in [-0.1, -0.05) is 175 Å². The van der Waals surface area contributed by atoms with Gasteiger partial charge in [-0.3, -0.25) is 14.4 Å². The van der Waals surface area contributed by atoms with Crippen molar-refractivity contribution in [2.75, 3.05) is 13.2 Å². The lowest BCUT2D eigenvalue weighted by Gasteiger charge is -2.18. The van der Waals surface area contributed by atoms with E-state index in [9.17, 15) is 14.4 Å². The standard InChI is InChI=1S/C40H76O6/c1-5-8-10-12-14-15-20-24-28-32-39(42)45-35-37(34-44-38(41)31-27-23-18-13-11-9-6-2)46-40(43)33-29-25-21-17-16-19-22-26-30-36(4)7-3/h36-37H,5-35H2,1-4H3/t36?,37-/m0/s1. The van der Waals surface area contributed by atoms with Gasteiger partial charge in [-0.25, -0.2) is 0 Å². The highest BCUT2D eigenvalue weighted by Crippen LogP contribution is 2.16. The molecular weight excluding hydrogens is 576 g/mol. The third-order valence-electron chi connectivity index (χ3n) is 9.15. The summed E-state index contributed by atoms with van der Waals surface area (Å²) in [6.07, 6.45) is 30.9. The average Bonchev–Trinajstić information content (AvgIpc) is 3.05. The van der Waals surface area contributed by atoms with Gasteiger partial charge in [-0.2, -0.15) is 0 Å². The van der Waals surface area contributed by atoms with Crippen LogP contribution in [-0.4, -0.2) is 37.2 Å². The summed E-state index contributed by atoms with van der Waals surface area (Å²) in [5, 5.41) is 0. The SMILES string of the molecule is CCCCCCCCCCCC(=O)OC[C@H](COC(=O)CCCCCCCCC)OC(=O)CCCCCCCCCCC(C)CC. The van der Waals surface area contributed by atoms with Gasteiger partial charge >= 0.3 is 17.9 Å². The number of ether oxygens (including phenoxy) is 3. The largest absolute Gasteiger partial charge is 0.462 e. The van der Waals surface area contributed by atoms with Crippen molar-refractivity contribution in [1.29, 1.82) is 0 Å². The minimum absolute atomic E-state index is 0.0657. The van der Waals surface area contributed by atoms with E-state index in [0.717, 1.165) is 63.7 Å². The molecule has 6 nitrogen and oxygen atoms in total. The van der Waals surface area contributed by atoms with Crippen LogP contribution in [0.15, 0.2) is 0 Å². The number of unbranched alkanes of at least 4 members (excludes halogenated alkanes) is 21. The summed E-state index contributed by atoms with van der Waals surface area (Å²) >= 11 is 0. The number of carbonyl (C=O) groups is 3. The first kappa shape index (κ1) is 44.4. The zero-order chi connectivity index (χ0) is 33.9. The summed E-state index contributed by atoms with van der Waals surface area (Å²) in [4.78, 5) is 37.3. The Morgan fingerprint density at radius 1 is 0.435 bits per heavy atom. The normalized spacial score (nSPS) is 12.5. The van der Waals surface area contributed by atoms with Crippen LogP contribution in [-0.2, 0) is 28.6 Å². The Balaban J connectivity index is 4.34. The van der Waals surface area contributed by atoms with E-state index < -0.39 is 6.10 Å². The molecule has 0 rings (SSSR count). The van der Waals surface area contributed by atoms with Crippen LogP contribution in [0.5, 0.6) is 0 Å². The van der Waals surface area contributed by atoms with Crippen molar-refractivity contribution in [3.05, 3.63) is 0 Å². The second-order valence-electron chi connectivity index (χ2n) is 13.8. The monoisotopic (exact) mass is 653 g/mol. The molecule has 0 bridgehead atoms. The number of rotatable bonds is 35. The Morgan fingerprint density at radius 2 is 0.761 bits per heavy atom. The summed E-state index contributed by atoms with van der Waals surface area (Å²) in [5.74, 6) is -0.0279. The van der Waals surface area contributed by atoms with Crippen LogP contribution in [0.2, 0.25) is 0 Å². The number of esters is 3. The Morgan fingerprint density at radius 3 is 1.13 bits per heavy atom. The van der Waals surface area contributed by atoms with Crippen molar-refractivity contribution in [2.45, 2.75) is 220 Å². The number of hydrogen-bond donors (Lipinski definition) is 0. The minimum Gasteiger partial charge on any atom is -0.462 e. The average molecular weight is 653 g/mol. The van der Waals surface area contributed by atoms with Crippen LogP contribution in [0.3, 0.4) is 0 Å². The molecule has 0 heterocycles. The van der Waals surface area contributed by atoms with Gasteiger partial charge in [0.05, 0.1) is 0 Å². The van der Waals surface area contributed by atoms with E-state index in [0.29, 0.717) is 19.3 Å². The number of hydrogen-bond acceptors (Lipinski definition) is 6. The molecule has 0 aromatic carbocycles. The molecule has 0 fully saturated rings. The molecule has 0 radical (unpaired) electrons. The predicted molar refractivity (Wildman–Crippen MR) is 192 cm³/mol. The zero-order valence-electron chi connectivity index (χ0n) is 31.0. The Labute approximate surface area is 285 Å². The zero-order valence-corrected chi connectivity index (χ0v) is 31.0. The van der Waals surface area contributed by atoms with E-state index in [1.165, 1.54) is 109 Å². The lowest BCUT2D eigenvalue weighted by molar-refractivity contribution is -0.167. The molecule has 0 amide bonds. The van der Waals surface area contributed by atoms with Gasteiger partial charge in [0, 0.05) is 19.3 Å². The first-order chi connectivity index (χ1) is 22.4. The summed E-state index contributed by atoms with van der Waals surface area (Å²) in [7, 11) is 0. The molecular formula is C40H76O6. The highest BCUT2D eigenvalue weighted by atomic mass is 16.6. The molecule has 0 aliphatic heterocycles. The van der Waals surface area contributed by atoms with E-state index in [-0.39, 0.29) is 31.1 Å². The molecule has 2 atom stereocenters. The van der Waals surface area contributed by atoms with Gasteiger partial charge in [0.2, 0.25) is 0 Å². The fourth-order valence-corrected chi connectivity index (χ4v) is 5.71. The molecule has 0 N–H and O–H groups in total. The molecule has 0 spiro atoms. The van der Waals surface area contributed by atoms with Crippen molar-refractivity contribution >= 4 is 17.9 Å². The maximum atomic E-state index is 12.6. The van der Waals surface area contributed by atoms with Gasteiger partial charge in [0.15, 0.2) is 6.10 Å². The highest BCUT2D eigenvalue weighted by Gasteiger charge is 2.19. The van der Waals surface area contributed by atoms with Gasteiger partial charge in [-0.15, -0.1) is 0 Å². The fraction of sp³-hybridized carbons (Fsp3) is 0.925. The van der Waals surface area contributed by atoms with Gasteiger partial charge in [-0.05, 0) is 25.2 Å². The summed E-state index contributed by atoms with van der Waals surface area (Å²) in [6, 6.07) is 0. The fourth-order valence-electron chi connectivity index (χ4n) is 5.71. The van der Waals surface area contributed by atoms with Crippen LogP contribution < -0.4 is 0 Å². The predicted octanol–water partition coefficient (Wildman–Crippen LogP) is 12.0.